The summed E-state index contributed by atoms with van der Waals surface area (Å²) in [6.45, 7) is 2.31. The van der Waals surface area contributed by atoms with Gasteiger partial charge in [0.1, 0.15) is 0 Å². The lowest BCUT2D eigenvalue weighted by Gasteiger charge is -2.39. The standard InChI is InChI=1S/C15H23N3/c1-16-10-13-8-14-2-3-15(9-13)18(14)11-12-4-6-17-7-5-12/h4-7,13-16H,2-3,8-11H2,1H3. The van der Waals surface area contributed by atoms with Gasteiger partial charge in [0.25, 0.3) is 0 Å². The molecule has 1 aromatic rings. The van der Waals surface area contributed by atoms with Gasteiger partial charge in [0, 0.05) is 31.0 Å². The molecular formula is C15H23N3. The first kappa shape index (κ1) is 12.1. The van der Waals surface area contributed by atoms with E-state index in [-0.39, 0.29) is 0 Å². The van der Waals surface area contributed by atoms with Crippen LogP contribution in [-0.4, -0.2) is 35.6 Å². The van der Waals surface area contributed by atoms with Gasteiger partial charge in [-0.3, -0.25) is 9.88 Å². The first-order chi connectivity index (χ1) is 8.86. The van der Waals surface area contributed by atoms with Crippen LogP contribution in [-0.2, 0) is 6.54 Å². The maximum atomic E-state index is 4.10. The molecule has 18 heavy (non-hydrogen) atoms. The van der Waals surface area contributed by atoms with Crippen LogP contribution in [0.25, 0.3) is 0 Å². The number of piperidine rings is 1. The number of aromatic nitrogens is 1. The quantitative estimate of drug-likeness (QED) is 0.880. The van der Waals surface area contributed by atoms with Gasteiger partial charge in [0.2, 0.25) is 0 Å². The number of hydrogen-bond acceptors (Lipinski definition) is 3. The molecule has 2 fully saturated rings. The predicted octanol–water partition coefficient (Wildman–Crippen LogP) is 2.04. The number of pyridine rings is 1. The normalized spacial score (nSPS) is 31.7. The van der Waals surface area contributed by atoms with Crippen molar-refractivity contribution < 1.29 is 0 Å². The largest absolute Gasteiger partial charge is 0.319 e. The zero-order valence-corrected chi connectivity index (χ0v) is 11.2. The lowest BCUT2D eigenvalue weighted by molar-refractivity contribution is 0.0964. The second-order valence-corrected chi connectivity index (χ2v) is 5.81. The average molecular weight is 245 g/mol. The minimum Gasteiger partial charge on any atom is -0.319 e. The molecule has 0 spiro atoms. The van der Waals surface area contributed by atoms with Crippen LogP contribution in [0.15, 0.2) is 24.5 Å². The number of fused-ring (bicyclic) bond motifs is 2. The molecule has 98 valence electrons. The van der Waals surface area contributed by atoms with Gasteiger partial charge >= 0.3 is 0 Å². The van der Waals surface area contributed by atoms with Gasteiger partial charge in [0.05, 0.1) is 0 Å². The Kier molecular flexibility index (Phi) is 3.62. The summed E-state index contributed by atoms with van der Waals surface area (Å²) in [6, 6.07) is 5.93. The summed E-state index contributed by atoms with van der Waals surface area (Å²) in [7, 11) is 2.07. The lowest BCUT2D eigenvalue weighted by Crippen LogP contribution is -2.44. The fourth-order valence-corrected chi connectivity index (χ4v) is 3.80. The predicted molar refractivity (Wildman–Crippen MR) is 73.2 cm³/mol. The summed E-state index contributed by atoms with van der Waals surface area (Å²) in [5.41, 5.74) is 1.41. The molecule has 0 aromatic carbocycles. The van der Waals surface area contributed by atoms with Crippen LogP contribution < -0.4 is 5.32 Å². The Labute approximate surface area is 110 Å². The van der Waals surface area contributed by atoms with E-state index in [2.05, 4.69) is 34.4 Å². The number of hydrogen-bond donors (Lipinski definition) is 1. The van der Waals surface area contributed by atoms with E-state index in [1.807, 2.05) is 12.4 Å². The monoisotopic (exact) mass is 245 g/mol. The summed E-state index contributed by atoms with van der Waals surface area (Å²) in [4.78, 5) is 6.84. The Bertz CT molecular complexity index is 365. The van der Waals surface area contributed by atoms with Gasteiger partial charge in [-0.05, 0) is 62.9 Å². The molecule has 1 N–H and O–H groups in total. The Morgan fingerprint density at radius 1 is 1.22 bits per heavy atom. The fourth-order valence-electron chi connectivity index (χ4n) is 3.80. The van der Waals surface area contributed by atoms with Gasteiger partial charge in [0.15, 0.2) is 0 Å². The molecule has 2 aliphatic rings. The van der Waals surface area contributed by atoms with Gasteiger partial charge in [-0.2, -0.15) is 0 Å². The van der Waals surface area contributed by atoms with Crippen molar-refractivity contribution in [3.8, 4) is 0 Å². The Hall–Kier alpha value is -0.930. The van der Waals surface area contributed by atoms with Crippen LogP contribution in [0.2, 0.25) is 0 Å². The van der Waals surface area contributed by atoms with E-state index in [1.54, 1.807) is 0 Å². The van der Waals surface area contributed by atoms with Gasteiger partial charge in [-0.1, -0.05) is 0 Å². The van der Waals surface area contributed by atoms with Crippen LogP contribution in [0.4, 0.5) is 0 Å². The highest BCUT2D eigenvalue weighted by atomic mass is 15.2. The smallest absolute Gasteiger partial charge is 0.0271 e. The Balaban J connectivity index is 1.65. The molecule has 2 unspecified atom stereocenters. The third-order valence-electron chi connectivity index (χ3n) is 4.59. The van der Waals surface area contributed by atoms with E-state index in [0.717, 1.165) is 24.5 Å². The second kappa shape index (κ2) is 5.37. The molecule has 2 atom stereocenters. The maximum absolute atomic E-state index is 4.10. The van der Waals surface area contributed by atoms with E-state index in [1.165, 1.54) is 37.8 Å². The summed E-state index contributed by atoms with van der Waals surface area (Å²) < 4.78 is 0. The molecule has 2 bridgehead atoms. The summed E-state index contributed by atoms with van der Waals surface area (Å²) in [5.74, 6) is 0.890. The van der Waals surface area contributed by atoms with Gasteiger partial charge in [-0.15, -0.1) is 0 Å². The molecule has 3 rings (SSSR count). The van der Waals surface area contributed by atoms with E-state index in [0.29, 0.717) is 0 Å². The van der Waals surface area contributed by atoms with Crippen LogP contribution in [0, 0.1) is 5.92 Å². The van der Waals surface area contributed by atoms with Crippen molar-refractivity contribution in [2.24, 2.45) is 5.92 Å². The first-order valence-electron chi connectivity index (χ1n) is 7.16. The molecule has 2 aliphatic heterocycles. The Morgan fingerprint density at radius 3 is 2.50 bits per heavy atom. The van der Waals surface area contributed by atoms with Crippen LogP contribution in [0.3, 0.4) is 0 Å². The van der Waals surface area contributed by atoms with E-state index < -0.39 is 0 Å². The maximum Gasteiger partial charge on any atom is 0.0271 e. The SMILES string of the molecule is CNCC1CC2CCC(C1)N2Cc1ccncc1. The van der Waals surface area contributed by atoms with Gasteiger partial charge in [-0.25, -0.2) is 0 Å². The molecule has 3 nitrogen and oxygen atoms in total. The van der Waals surface area contributed by atoms with Crippen molar-refractivity contribution in [3.05, 3.63) is 30.1 Å². The molecule has 3 heterocycles. The van der Waals surface area contributed by atoms with E-state index in [9.17, 15) is 0 Å². The minimum atomic E-state index is 0.815. The van der Waals surface area contributed by atoms with Crippen molar-refractivity contribution in [2.45, 2.75) is 44.3 Å². The molecule has 1 aromatic heterocycles. The second-order valence-electron chi connectivity index (χ2n) is 5.81. The number of nitrogens with one attached hydrogen (secondary N) is 1. The third kappa shape index (κ3) is 2.43. The van der Waals surface area contributed by atoms with Crippen molar-refractivity contribution in [1.82, 2.24) is 15.2 Å². The van der Waals surface area contributed by atoms with Crippen molar-refractivity contribution in [2.75, 3.05) is 13.6 Å². The topological polar surface area (TPSA) is 28.2 Å². The molecule has 2 saturated heterocycles. The lowest BCUT2D eigenvalue weighted by atomic mass is 9.90. The van der Waals surface area contributed by atoms with Gasteiger partial charge < -0.3 is 5.32 Å². The van der Waals surface area contributed by atoms with Crippen molar-refractivity contribution in [1.29, 1.82) is 0 Å². The minimum absolute atomic E-state index is 0.815. The number of rotatable bonds is 4. The first-order valence-corrected chi connectivity index (χ1v) is 7.16. The average Bonchev–Trinajstić information content (AvgIpc) is 2.63. The van der Waals surface area contributed by atoms with Crippen LogP contribution in [0.5, 0.6) is 0 Å². The summed E-state index contributed by atoms with van der Waals surface area (Å²) in [5, 5.41) is 3.34. The molecule has 0 radical (unpaired) electrons. The third-order valence-corrected chi connectivity index (χ3v) is 4.59. The molecule has 0 aliphatic carbocycles. The van der Waals surface area contributed by atoms with Crippen molar-refractivity contribution >= 4 is 0 Å². The molecule has 0 saturated carbocycles. The fraction of sp³-hybridized carbons (Fsp3) is 0.667. The molecule has 0 amide bonds. The number of nitrogens with zero attached hydrogens (tertiary/aromatic N) is 2. The van der Waals surface area contributed by atoms with Crippen molar-refractivity contribution in [3.63, 3.8) is 0 Å². The highest BCUT2D eigenvalue weighted by molar-refractivity contribution is 5.11. The van der Waals surface area contributed by atoms with Crippen LogP contribution in [0.1, 0.15) is 31.2 Å². The zero-order valence-electron chi connectivity index (χ0n) is 11.2. The zero-order chi connectivity index (χ0) is 12.4. The van der Waals surface area contributed by atoms with E-state index >= 15 is 0 Å². The Morgan fingerprint density at radius 2 is 1.89 bits per heavy atom. The summed E-state index contributed by atoms with van der Waals surface area (Å²) in [6.07, 6.45) is 9.37. The highest BCUT2D eigenvalue weighted by Crippen LogP contribution is 2.39. The molecule has 3 heteroatoms. The summed E-state index contributed by atoms with van der Waals surface area (Å²) >= 11 is 0. The van der Waals surface area contributed by atoms with Crippen LogP contribution >= 0.6 is 0 Å². The highest BCUT2D eigenvalue weighted by Gasteiger charge is 2.39. The molecular weight excluding hydrogens is 222 g/mol. The van der Waals surface area contributed by atoms with E-state index in [4.69, 9.17) is 0 Å².